The van der Waals surface area contributed by atoms with Crippen LogP contribution in [0.3, 0.4) is 0 Å². The number of rotatable bonds is 5. The molecule has 0 aliphatic carbocycles. The van der Waals surface area contributed by atoms with E-state index in [9.17, 15) is 9.59 Å². The molecule has 0 bridgehead atoms. The first-order valence-corrected chi connectivity index (χ1v) is 10.2. The smallest absolute Gasteiger partial charge is 0.325 e. The molecule has 7 heteroatoms. The van der Waals surface area contributed by atoms with Gasteiger partial charge < -0.3 is 10.3 Å². The molecule has 1 fully saturated rings. The number of hydrogen-bond acceptors (Lipinski definition) is 4. The Kier molecular flexibility index (Phi) is 4.37. The number of nitrogens with zero attached hydrogens (tertiary/aromatic N) is 2. The van der Waals surface area contributed by atoms with Gasteiger partial charge in [0, 0.05) is 34.5 Å². The molecule has 0 radical (unpaired) electrons. The van der Waals surface area contributed by atoms with E-state index < -0.39 is 6.04 Å². The van der Waals surface area contributed by atoms with E-state index in [1.165, 1.54) is 16.2 Å². The van der Waals surface area contributed by atoms with Crippen LogP contribution in [-0.4, -0.2) is 32.8 Å². The second kappa shape index (κ2) is 7.18. The van der Waals surface area contributed by atoms with Crippen LogP contribution in [0.5, 0.6) is 0 Å². The second-order valence-corrected chi connectivity index (χ2v) is 7.86. The van der Waals surface area contributed by atoms with E-state index in [-0.39, 0.29) is 18.5 Å². The van der Waals surface area contributed by atoms with Crippen LogP contribution in [0.15, 0.2) is 66.2 Å². The number of urea groups is 1. The summed E-state index contributed by atoms with van der Waals surface area (Å²) in [4.78, 5) is 34.4. The van der Waals surface area contributed by atoms with E-state index in [2.05, 4.69) is 15.3 Å². The predicted molar refractivity (Wildman–Crippen MR) is 112 cm³/mol. The van der Waals surface area contributed by atoms with Gasteiger partial charge in [-0.25, -0.2) is 9.78 Å². The third-order valence-corrected chi connectivity index (χ3v) is 6.04. The van der Waals surface area contributed by atoms with Gasteiger partial charge in [-0.1, -0.05) is 48.5 Å². The minimum absolute atomic E-state index is 0.179. The van der Waals surface area contributed by atoms with Crippen LogP contribution >= 0.6 is 11.3 Å². The molecular weight excluding hydrogens is 384 g/mol. The van der Waals surface area contributed by atoms with Crippen LogP contribution < -0.4 is 5.32 Å². The van der Waals surface area contributed by atoms with Crippen LogP contribution in [0.4, 0.5) is 4.79 Å². The van der Waals surface area contributed by atoms with Gasteiger partial charge in [-0.15, -0.1) is 11.3 Å². The highest BCUT2D eigenvalue weighted by molar-refractivity contribution is 7.13. The fourth-order valence-corrected chi connectivity index (χ4v) is 4.46. The van der Waals surface area contributed by atoms with Crippen molar-refractivity contribution < 1.29 is 9.59 Å². The van der Waals surface area contributed by atoms with Gasteiger partial charge in [0.1, 0.15) is 11.0 Å². The third kappa shape index (κ3) is 3.30. The molecule has 1 aliphatic rings. The average Bonchev–Trinajstić information content (AvgIpc) is 3.45. The van der Waals surface area contributed by atoms with Crippen molar-refractivity contribution in [2.45, 2.75) is 19.0 Å². The molecule has 1 unspecified atom stereocenters. The van der Waals surface area contributed by atoms with Crippen molar-refractivity contribution in [2.24, 2.45) is 0 Å². The highest BCUT2D eigenvalue weighted by atomic mass is 32.1. The highest BCUT2D eigenvalue weighted by Crippen LogP contribution is 2.25. The molecule has 3 heterocycles. The molecule has 2 N–H and O–H groups in total. The third-order valence-electron chi connectivity index (χ3n) is 5.10. The molecule has 1 saturated heterocycles. The first-order chi connectivity index (χ1) is 14.2. The molecule has 29 heavy (non-hydrogen) atoms. The van der Waals surface area contributed by atoms with E-state index in [0.717, 1.165) is 27.0 Å². The normalized spacial score (nSPS) is 16.6. The van der Waals surface area contributed by atoms with Crippen molar-refractivity contribution >= 4 is 34.2 Å². The standard InChI is InChI=1S/C22H18N4O2S/c27-21-19(10-15-11-23-18-9-5-4-8-17(15)18)25-22(28)26(21)12-16-13-29-20(24-16)14-6-2-1-3-7-14/h1-9,11,13,19,23H,10,12H2,(H,25,28). The lowest BCUT2D eigenvalue weighted by atomic mass is 10.1. The maximum atomic E-state index is 12.9. The van der Waals surface area contributed by atoms with Crippen molar-refractivity contribution in [1.82, 2.24) is 20.2 Å². The summed E-state index contributed by atoms with van der Waals surface area (Å²) >= 11 is 1.51. The Morgan fingerprint density at radius 2 is 1.83 bits per heavy atom. The maximum absolute atomic E-state index is 12.9. The van der Waals surface area contributed by atoms with Gasteiger partial charge in [0.05, 0.1) is 12.2 Å². The van der Waals surface area contributed by atoms with Crippen molar-refractivity contribution in [3.05, 3.63) is 77.4 Å². The van der Waals surface area contributed by atoms with Gasteiger partial charge in [0.15, 0.2) is 0 Å². The quantitative estimate of drug-likeness (QED) is 0.496. The second-order valence-electron chi connectivity index (χ2n) is 7.00. The van der Waals surface area contributed by atoms with Crippen molar-refractivity contribution in [3.8, 4) is 10.6 Å². The minimum atomic E-state index is -0.561. The van der Waals surface area contributed by atoms with Crippen molar-refractivity contribution in [2.75, 3.05) is 0 Å². The van der Waals surface area contributed by atoms with Gasteiger partial charge in [-0.05, 0) is 11.6 Å². The van der Waals surface area contributed by atoms with Crippen LogP contribution in [0, 0.1) is 0 Å². The number of H-pyrrole nitrogens is 1. The minimum Gasteiger partial charge on any atom is -0.361 e. The summed E-state index contributed by atoms with van der Waals surface area (Å²) in [5.74, 6) is -0.213. The van der Waals surface area contributed by atoms with E-state index >= 15 is 0 Å². The number of nitrogens with one attached hydrogen (secondary N) is 2. The fraction of sp³-hybridized carbons (Fsp3) is 0.136. The molecule has 4 aromatic rings. The Bertz CT molecular complexity index is 1200. The Labute approximate surface area is 171 Å². The van der Waals surface area contributed by atoms with Gasteiger partial charge in [-0.2, -0.15) is 0 Å². The first kappa shape index (κ1) is 17.6. The molecule has 0 spiro atoms. The fourth-order valence-electron chi connectivity index (χ4n) is 3.64. The Morgan fingerprint density at radius 3 is 2.69 bits per heavy atom. The monoisotopic (exact) mass is 402 g/mol. The molecular formula is C22H18N4O2S. The summed E-state index contributed by atoms with van der Waals surface area (Å²) < 4.78 is 0. The van der Waals surface area contributed by atoms with Gasteiger partial charge >= 0.3 is 6.03 Å². The summed E-state index contributed by atoms with van der Waals surface area (Å²) in [7, 11) is 0. The predicted octanol–water partition coefficient (Wildman–Crippen LogP) is 3.95. The average molecular weight is 402 g/mol. The number of imide groups is 1. The highest BCUT2D eigenvalue weighted by Gasteiger charge is 2.38. The number of aromatic nitrogens is 2. The largest absolute Gasteiger partial charge is 0.361 e. The van der Waals surface area contributed by atoms with E-state index in [1.807, 2.05) is 66.2 Å². The number of benzene rings is 2. The number of para-hydroxylation sites is 1. The van der Waals surface area contributed by atoms with Gasteiger partial charge in [0.2, 0.25) is 0 Å². The zero-order valence-corrected chi connectivity index (χ0v) is 16.3. The van der Waals surface area contributed by atoms with Crippen LogP contribution in [0.1, 0.15) is 11.3 Å². The number of carbonyl (C=O) groups excluding carboxylic acids is 2. The summed E-state index contributed by atoms with van der Waals surface area (Å²) in [5, 5.41) is 6.66. The lowest BCUT2D eigenvalue weighted by Crippen LogP contribution is -2.32. The van der Waals surface area contributed by atoms with Crippen molar-refractivity contribution in [3.63, 3.8) is 0 Å². The van der Waals surface area contributed by atoms with Crippen LogP contribution in [0.25, 0.3) is 21.5 Å². The Hall–Kier alpha value is -3.45. The topological polar surface area (TPSA) is 78.1 Å². The molecule has 3 amide bonds. The van der Waals surface area contributed by atoms with Gasteiger partial charge in [0.25, 0.3) is 5.91 Å². The molecule has 0 saturated carbocycles. The zero-order valence-electron chi connectivity index (χ0n) is 15.5. The number of carbonyl (C=O) groups is 2. The van der Waals surface area contributed by atoms with E-state index in [0.29, 0.717) is 12.1 Å². The molecule has 2 aromatic carbocycles. The summed E-state index contributed by atoms with van der Waals surface area (Å²) in [6, 6.07) is 16.9. The van der Waals surface area contributed by atoms with E-state index in [4.69, 9.17) is 0 Å². The SMILES string of the molecule is O=C1NC(Cc2c[nH]c3ccccc23)C(=O)N1Cc1csc(-c2ccccc2)n1. The molecule has 2 aromatic heterocycles. The number of hydrogen-bond donors (Lipinski definition) is 2. The Balaban J connectivity index is 1.31. The summed E-state index contributed by atoms with van der Waals surface area (Å²) in [6.07, 6.45) is 2.36. The lowest BCUT2D eigenvalue weighted by Gasteiger charge is -2.11. The molecule has 1 aliphatic heterocycles. The van der Waals surface area contributed by atoms with Crippen LogP contribution in [0.2, 0.25) is 0 Å². The molecule has 6 nitrogen and oxygen atoms in total. The summed E-state index contributed by atoms with van der Waals surface area (Å²) in [5.41, 5.74) is 3.77. The maximum Gasteiger partial charge on any atom is 0.325 e. The zero-order chi connectivity index (χ0) is 19.8. The Morgan fingerprint density at radius 1 is 1.03 bits per heavy atom. The van der Waals surface area contributed by atoms with E-state index in [1.54, 1.807) is 0 Å². The molecule has 144 valence electrons. The number of thiazole rings is 1. The number of aromatic amines is 1. The molecule has 1 atom stereocenters. The molecule has 5 rings (SSSR count). The number of amides is 3. The van der Waals surface area contributed by atoms with Gasteiger partial charge in [-0.3, -0.25) is 9.69 Å². The van der Waals surface area contributed by atoms with Crippen molar-refractivity contribution in [1.29, 1.82) is 0 Å². The van der Waals surface area contributed by atoms with Crippen LogP contribution in [-0.2, 0) is 17.8 Å². The first-order valence-electron chi connectivity index (χ1n) is 9.36. The number of fused-ring (bicyclic) bond motifs is 1. The lowest BCUT2D eigenvalue weighted by molar-refractivity contribution is -0.127. The summed E-state index contributed by atoms with van der Waals surface area (Å²) in [6.45, 7) is 0.179.